The summed E-state index contributed by atoms with van der Waals surface area (Å²) in [5, 5.41) is 2.94. The van der Waals surface area contributed by atoms with Gasteiger partial charge >= 0.3 is 0 Å². The molecule has 0 radical (unpaired) electrons. The van der Waals surface area contributed by atoms with Gasteiger partial charge in [0.25, 0.3) is 5.91 Å². The minimum absolute atomic E-state index is 0.0829. The SMILES string of the molecule is COc1ccc(NC(=O)c2cc3c(s2)CCC(C)C3)c(OC)c1. The van der Waals surface area contributed by atoms with Gasteiger partial charge in [0.15, 0.2) is 0 Å². The number of rotatable bonds is 4. The number of aryl methyl sites for hydroxylation is 1. The molecule has 1 aromatic carbocycles. The standard InChI is InChI=1S/C18H21NO3S/c1-11-4-7-16-12(8-11)9-17(23-16)18(20)19-14-6-5-13(21-2)10-15(14)22-3/h5-6,9-11H,4,7-8H2,1-3H3,(H,19,20). The van der Waals surface area contributed by atoms with Crippen LogP contribution in [0.3, 0.4) is 0 Å². The quantitative estimate of drug-likeness (QED) is 0.916. The number of anilines is 1. The summed E-state index contributed by atoms with van der Waals surface area (Å²) < 4.78 is 10.5. The van der Waals surface area contributed by atoms with E-state index < -0.39 is 0 Å². The van der Waals surface area contributed by atoms with E-state index in [0.717, 1.165) is 17.7 Å². The van der Waals surface area contributed by atoms with Crippen molar-refractivity contribution >= 4 is 22.9 Å². The van der Waals surface area contributed by atoms with Gasteiger partial charge in [0.2, 0.25) is 0 Å². The first-order chi connectivity index (χ1) is 11.1. The van der Waals surface area contributed by atoms with Crippen molar-refractivity contribution in [2.24, 2.45) is 5.92 Å². The number of hydrogen-bond donors (Lipinski definition) is 1. The molecular weight excluding hydrogens is 310 g/mol. The van der Waals surface area contributed by atoms with Gasteiger partial charge in [-0.05, 0) is 48.9 Å². The summed E-state index contributed by atoms with van der Waals surface area (Å²) in [4.78, 5) is 14.7. The molecular formula is C18H21NO3S. The average molecular weight is 331 g/mol. The Morgan fingerprint density at radius 3 is 2.83 bits per heavy atom. The van der Waals surface area contributed by atoms with Crippen LogP contribution >= 0.6 is 11.3 Å². The van der Waals surface area contributed by atoms with Crippen LogP contribution in [0.2, 0.25) is 0 Å². The van der Waals surface area contributed by atoms with E-state index in [4.69, 9.17) is 9.47 Å². The highest BCUT2D eigenvalue weighted by Gasteiger charge is 2.21. The van der Waals surface area contributed by atoms with E-state index in [2.05, 4.69) is 12.2 Å². The lowest BCUT2D eigenvalue weighted by atomic mass is 9.90. The third-order valence-corrected chi connectivity index (χ3v) is 5.45. The fourth-order valence-corrected chi connectivity index (χ4v) is 4.01. The van der Waals surface area contributed by atoms with Crippen molar-refractivity contribution in [1.29, 1.82) is 0 Å². The Morgan fingerprint density at radius 2 is 2.09 bits per heavy atom. The Labute approximate surface area is 140 Å². The number of methoxy groups -OCH3 is 2. The Balaban J connectivity index is 1.80. The molecule has 0 aliphatic heterocycles. The number of benzene rings is 1. The maximum Gasteiger partial charge on any atom is 0.265 e. The number of hydrogen-bond acceptors (Lipinski definition) is 4. The predicted octanol–water partition coefficient (Wildman–Crippen LogP) is 4.14. The normalized spacial score (nSPS) is 16.6. The van der Waals surface area contributed by atoms with Crippen LogP contribution in [0.25, 0.3) is 0 Å². The molecule has 1 aromatic heterocycles. The summed E-state index contributed by atoms with van der Waals surface area (Å²) in [5.41, 5.74) is 1.98. The molecule has 23 heavy (non-hydrogen) atoms. The van der Waals surface area contributed by atoms with Crippen molar-refractivity contribution in [3.63, 3.8) is 0 Å². The van der Waals surface area contributed by atoms with Crippen LogP contribution in [-0.2, 0) is 12.8 Å². The fraction of sp³-hybridized carbons (Fsp3) is 0.389. The van der Waals surface area contributed by atoms with Crippen molar-refractivity contribution in [2.75, 3.05) is 19.5 Å². The average Bonchev–Trinajstić information content (AvgIpc) is 2.98. The van der Waals surface area contributed by atoms with Gasteiger partial charge in [0.1, 0.15) is 11.5 Å². The van der Waals surface area contributed by atoms with Crippen LogP contribution in [0.4, 0.5) is 5.69 Å². The van der Waals surface area contributed by atoms with Crippen LogP contribution < -0.4 is 14.8 Å². The summed E-state index contributed by atoms with van der Waals surface area (Å²) in [6, 6.07) is 7.40. The molecule has 1 heterocycles. The predicted molar refractivity (Wildman–Crippen MR) is 93.0 cm³/mol. The maximum absolute atomic E-state index is 12.5. The monoisotopic (exact) mass is 331 g/mol. The number of carbonyl (C=O) groups excluding carboxylic acids is 1. The zero-order chi connectivity index (χ0) is 16.4. The van der Waals surface area contributed by atoms with E-state index >= 15 is 0 Å². The first-order valence-electron chi connectivity index (χ1n) is 7.75. The molecule has 4 nitrogen and oxygen atoms in total. The van der Waals surface area contributed by atoms with Crippen molar-refractivity contribution in [2.45, 2.75) is 26.2 Å². The number of ether oxygens (including phenoxy) is 2. The largest absolute Gasteiger partial charge is 0.497 e. The van der Waals surface area contributed by atoms with E-state index in [1.807, 2.05) is 6.07 Å². The molecule has 1 atom stereocenters. The van der Waals surface area contributed by atoms with Crippen LogP contribution in [0.1, 0.15) is 33.5 Å². The second-order valence-electron chi connectivity index (χ2n) is 5.93. The van der Waals surface area contributed by atoms with Crippen LogP contribution in [-0.4, -0.2) is 20.1 Å². The minimum Gasteiger partial charge on any atom is -0.497 e. The van der Waals surface area contributed by atoms with Crippen molar-refractivity contribution in [1.82, 2.24) is 0 Å². The summed E-state index contributed by atoms with van der Waals surface area (Å²) in [6.45, 7) is 2.27. The van der Waals surface area contributed by atoms with E-state index in [-0.39, 0.29) is 5.91 Å². The number of fused-ring (bicyclic) bond motifs is 1. The summed E-state index contributed by atoms with van der Waals surface area (Å²) in [7, 11) is 3.18. The third-order valence-electron chi connectivity index (χ3n) is 4.21. The Kier molecular flexibility index (Phi) is 4.57. The smallest absolute Gasteiger partial charge is 0.265 e. The van der Waals surface area contributed by atoms with Crippen molar-refractivity contribution in [3.05, 3.63) is 39.6 Å². The highest BCUT2D eigenvalue weighted by atomic mass is 32.1. The van der Waals surface area contributed by atoms with Crippen LogP contribution in [0.5, 0.6) is 11.5 Å². The van der Waals surface area contributed by atoms with E-state index in [0.29, 0.717) is 23.1 Å². The van der Waals surface area contributed by atoms with E-state index in [9.17, 15) is 4.79 Å². The second-order valence-corrected chi connectivity index (χ2v) is 7.06. The molecule has 1 amide bonds. The van der Waals surface area contributed by atoms with Crippen molar-refractivity contribution in [3.8, 4) is 11.5 Å². The molecule has 5 heteroatoms. The first-order valence-corrected chi connectivity index (χ1v) is 8.57. The second kappa shape index (κ2) is 6.62. The van der Waals surface area contributed by atoms with Gasteiger partial charge in [-0.2, -0.15) is 0 Å². The Morgan fingerprint density at radius 1 is 1.26 bits per heavy atom. The zero-order valence-corrected chi connectivity index (χ0v) is 14.5. The minimum atomic E-state index is -0.0829. The zero-order valence-electron chi connectivity index (χ0n) is 13.6. The lowest BCUT2D eigenvalue weighted by molar-refractivity contribution is 0.103. The number of amides is 1. The van der Waals surface area contributed by atoms with Gasteiger partial charge in [-0.25, -0.2) is 0 Å². The lowest BCUT2D eigenvalue weighted by Gasteiger charge is -2.16. The fourth-order valence-electron chi connectivity index (χ4n) is 2.90. The highest BCUT2D eigenvalue weighted by molar-refractivity contribution is 7.14. The Hall–Kier alpha value is -2.01. The molecule has 0 saturated carbocycles. The third kappa shape index (κ3) is 3.34. The van der Waals surface area contributed by atoms with Crippen molar-refractivity contribution < 1.29 is 14.3 Å². The molecule has 1 unspecified atom stereocenters. The molecule has 0 fully saturated rings. The molecule has 3 rings (SSSR count). The lowest BCUT2D eigenvalue weighted by Crippen LogP contribution is -2.11. The molecule has 122 valence electrons. The summed E-state index contributed by atoms with van der Waals surface area (Å²) >= 11 is 1.61. The number of carbonyl (C=O) groups is 1. The highest BCUT2D eigenvalue weighted by Crippen LogP contribution is 2.34. The molecule has 0 spiro atoms. The van der Waals surface area contributed by atoms with Gasteiger partial charge in [-0.15, -0.1) is 11.3 Å². The van der Waals surface area contributed by atoms with Gasteiger partial charge in [0, 0.05) is 10.9 Å². The Bertz CT molecular complexity index is 723. The maximum atomic E-state index is 12.5. The summed E-state index contributed by atoms with van der Waals surface area (Å²) in [6.07, 6.45) is 3.37. The van der Waals surface area contributed by atoms with Gasteiger partial charge < -0.3 is 14.8 Å². The van der Waals surface area contributed by atoms with Gasteiger partial charge in [-0.3, -0.25) is 4.79 Å². The molecule has 1 N–H and O–H groups in total. The van der Waals surface area contributed by atoms with Gasteiger partial charge in [0.05, 0.1) is 24.8 Å². The van der Waals surface area contributed by atoms with Crippen LogP contribution in [0.15, 0.2) is 24.3 Å². The molecule has 2 aromatic rings. The molecule has 0 saturated heterocycles. The first kappa shape index (κ1) is 15.9. The molecule has 1 aliphatic carbocycles. The topological polar surface area (TPSA) is 47.6 Å². The van der Waals surface area contributed by atoms with E-state index in [1.54, 1.807) is 43.8 Å². The molecule has 1 aliphatic rings. The van der Waals surface area contributed by atoms with Gasteiger partial charge in [-0.1, -0.05) is 6.92 Å². The van der Waals surface area contributed by atoms with Crippen LogP contribution in [0, 0.1) is 5.92 Å². The number of nitrogens with one attached hydrogen (secondary N) is 1. The van der Waals surface area contributed by atoms with E-state index in [1.165, 1.54) is 16.9 Å². The molecule has 0 bridgehead atoms. The summed E-state index contributed by atoms with van der Waals surface area (Å²) in [5.74, 6) is 1.91. The number of thiophene rings is 1.